The Morgan fingerprint density at radius 3 is 2.13 bits per heavy atom. The van der Waals surface area contributed by atoms with Gasteiger partial charge in [-0.05, 0) is 61.7 Å². The van der Waals surface area contributed by atoms with Crippen LogP contribution in [0.3, 0.4) is 0 Å². The van der Waals surface area contributed by atoms with Crippen LogP contribution in [0.2, 0.25) is 0 Å². The monoisotopic (exact) mass is 306 g/mol. The van der Waals surface area contributed by atoms with Crippen molar-refractivity contribution in [1.29, 1.82) is 0 Å². The smallest absolute Gasteiger partial charge is 0.0737 e. The molecule has 0 saturated heterocycles. The molecule has 0 radical (unpaired) electrons. The predicted octanol–water partition coefficient (Wildman–Crippen LogP) is 3.07. The molecule has 0 N–H and O–H groups in total. The number of benzene rings is 1. The minimum Gasteiger partial charge on any atom is -0.545 e. The maximum absolute atomic E-state index is 11.4. The second-order valence-corrected chi connectivity index (χ2v) is 8.05. The lowest BCUT2D eigenvalue weighted by atomic mass is 9.48. The summed E-state index contributed by atoms with van der Waals surface area (Å²) < 4.78 is 0. The zero-order valence-corrected chi connectivity index (χ0v) is 13.1. The molecule has 0 amide bonds. The van der Waals surface area contributed by atoms with E-state index in [9.17, 15) is 9.90 Å². The molecule has 2 aromatic rings. The second kappa shape index (κ2) is 4.56. The third kappa shape index (κ3) is 1.89. The first kappa shape index (κ1) is 13.5. The molecule has 118 valence electrons. The number of fused-ring (bicyclic) bond motifs is 1. The lowest BCUT2D eigenvalue weighted by molar-refractivity contribution is -0.254. The van der Waals surface area contributed by atoms with E-state index in [0.717, 1.165) is 34.2 Å². The van der Waals surface area contributed by atoms with Gasteiger partial charge in [0.25, 0.3) is 0 Å². The number of hydrogen-bond donors (Lipinski definition) is 0. The molecular formula is C20H20NO2-. The average molecular weight is 306 g/mol. The fourth-order valence-electron chi connectivity index (χ4n) is 6.18. The van der Waals surface area contributed by atoms with Gasteiger partial charge in [-0.25, -0.2) is 0 Å². The van der Waals surface area contributed by atoms with Crippen molar-refractivity contribution < 1.29 is 9.90 Å². The van der Waals surface area contributed by atoms with Gasteiger partial charge in [-0.3, -0.25) is 4.98 Å². The summed E-state index contributed by atoms with van der Waals surface area (Å²) >= 11 is 0. The number of aromatic carboxylic acids is 1. The highest BCUT2D eigenvalue weighted by Crippen LogP contribution is 2.61. The Bertz CT molecular complexity index is 775. The van der Waals surface area contributed by atoms with E-state index < -0.39 is 5.97 Å². The Hall–Kier alpha value is -1.90. The van der Waals surface area contributed by atoms with Crippen LogP contribution in [0.25, 0.3) is 10.8 Å². The molecule has 4 aliphatic carbocycles. The minimum absolute atomic E-state index is 0.179. The molecule has 23 heavy (non-hydrogen) atoms. The lowest BCUT2D eigenvalue weighted by Crippen LogP contribution is -2.49. The molecule has 4 bridgehead atoms. The van der Waals surface area contributed by atoms with Crippen molar-refractivity contribution in [2.45, 2.75) is 43.9 Å². The van der Waals surface area contributed by atoms with E-state index in [1.807, 2.05) is 24.3 Å². The number of nitrogens with zero attached hydrogens (tertiary/aromatic N) is 1. The first-order chi connectivity index (χ1) is 11.1. The van der Waals surface area contributed by atoms with Gasteiger partial charge < -0.3 is 9.90 Å². The fraction of sp³-hybridized carbons (Fsp3) is 0.500. The molecule has 1 aromatic heterocycles. The summed E-state index contributed by atoms with van der Waals surface area (Å²) in [6, 6.07) is 7.83. The van der Waals surface area contributed by atoms with E-state index in [2.05, 4.69) is 0 Å². The molecule has 1 heterocycles. The second-order valence-electron chi connectivity index (χ2n) is 8.05. The molecule has 0 spiro atoms. The first-order valence-corrected chi connectivity index (χ1v) is 8.74. The van der Waals surface area contributed by atoms with E-state index in [1.54, 1.807) is 0 Å². The number of carbonyl (C=O) groups is 1. The molecule has 4 aliphatic rings. The quantitative estimate of drug-likeness (QED) is 0.857. The molecule has 4 saturated carbocycles. The number of hydrogen-bond acceptors (Lipinski definition) is 3. The summed E-state index contributed by atoms with van der Waals surface area (Å²) in [6.07, 6.45) is 9.44. The number of carboxylic acid groups (broad SMARTS) is 1. The van der Waals surface area contributed by atoms with Crippen LogP contribution in [-0.4, -0.2) is 11.0 Å². The van der Waals surface area contributed by atoms with Crippen LogP contribution in [0.5, 0.6) is 0 Å². The predicted molar refractivity (Wildman–Crippen MR) is 85.9 cm³/mol. The molecule has 0 unspecified atom stereocenters. The van der Waals surface area contributed by atoms with E-state index in [4.69, 9.17) is 4.98 Å². The zero-order valence-electron chi connectivity index (χ0n) is 13.1. The Morgan fingerprint density at radius 2 is 1.57 bits per heavy atom. The molecule has 6 rings (SSSR count). The summed E-state index contributed by atoms with van der Waals surface area (Å²) in [6.45, 7) is 0. The molecule has 4 fully saturated rings. The maximum atomic E-state index is 11.4. The fourth-order valence-corrected chi connectivity index (χ4v) is 6.18. The zero-order chi connectivity index (χ0) is 15.6. The Kier molecular flexibility index (Phi) is 2.68. The number of pyridine rings is 1. The van der Waals surface area contributed by atoms with E-state index in [0.29, 0.717) is 0 Å². The third-order valence-electron chi connectivity index (χ3n) is 6.56. The Labute approximate surface area is 135 Å². The van der Waals surface area contributed by atoms with Gasteiger partial charge in [0.05, 0.1) is 11.7 Å². The van der Waals surface area contributed by atoms with Gasteiger partial charge >= 0.3 is 0 Å². The molecule has 0 atom stereocenters. The molecular weight excluding hydrogens is 286 g/mol. The molecule has 3 nitrogen and oxygen atoms in total. The van der Waals surface area contributed by atoms with E-state index in [-0.39, 0.29) is 11.0 Å². The summed E-state index contributed by atoms with van der Waals surface area (Å²) in [5.41, 5.74) is 1.55. The van der Waals surface area contributed by atoms with E-state index >= 15 is 0 Å². The lowest BCUT2D eigenvalue weighted by Gasteiger charge is -2.56. The van der Waals surface area contributed by atoms with Crippen molar-refractivity contribution in [2.24, 2.45) is 17.8 Å². The standard InChI is InChI=1S/C20H21NO2/c22-19(23)17-11-21-18(16-4-2-1-3-15(16)17)20-8-12-5-13(9-20)7-14(6-12)10-20/h1-4,11-14H,5-10H2,(H,22,23)/p-1. The van der Waals surface area contributed by atoms with Crippen molar-refractivity contribution in [3.05, 3.63) is 41.7 Å². The number of carboxylic acids is 1. The van der Waals surface area contributed by atoms with Gasteiger partial charge in [0.1, 0.15) is 0 Å². The number of rotatable bonds is 2. The number of aromatic nitrogens is 1. The Morgan fingerprint density at radius 1 is 1.00 bits per heavy atom. The highest BCUT2D eigenvalue weighted by Gasteiger charge is 2.52. The van der Waals surface area contributed by atoms with Gasteiger partial charge in [-0.15, -0.1) is 0 Å². The summed E-state index contributed by atoms with van der Waals surface area (Å²) in [7, 11) is 0. The largest absolute Gasteiger partial charge is 0.545 e. The molecule has 1 aromatic carbocycles. The topological polar surface area (TPSA) is 53.0 Å². The highest BCUT2D eigenvalue weighted by molar-refractivity contribution is 6.03. The molecule has 0 aliphatic heterocycles. The van der Waals surface area contributed by atoms with E-state index in [1.165, 1.54) is 44.7 Å². The van der Waals surface area contributed by atoms with Gasteiger partial charge in [0.2, 0.25) is 0 Å². The van der Waals surface area contributed by atoms with Crippen molar-refractivity contribution in [3.63, 3.8) is 0 Å². The maximum Gasteiger partial charge on any atom is 0.0737 e. The SMILES string of the molecule is O=C([O-])c1cnc(C23CC4CC(CC(C4)C2)C3)c2ccccc12. The van der Waals surface area contributed by atoms with Crippen LogP contribution < -0.4 is 5.11 Å². The molecule has 3 heteroatoms. The Balaban J connectivity index is 1.72. The summed E-state index contributed by atoms with van der Waals surface area (Å²) in [5, 5.41) is 13.2. The van der Waals surface area contributed by atoms with Crippen molar-refractivity contribution in [1.82, 2.24) is 4.98 Å². The first-order valence-electron chi connectivity index (χ1n) is 8.74. The minimum atomic E-state index is -1.13. The van der Waals surface area contributed by atoms with Crippen LogP contribution in [0, 0.1) is 17.8 Å². The third-order valence-corrected chi connectivity index (χ3v) is 6.56. The van der Waals surface area contributed by atoms with Crippen molar-refractivity contribution >= 4 is 16.7 Å². The summed E-state index contributed by atoms with van der Waals surface area (Å²) in [5.74, 6) is 1.42. The van der Waals surface area contributed by atoms with Gasteiger partial charge in [0.15, 0.2) is 0 Å². The van der Waals surface area contributed by atoms with Crippen LogP contribution >= 0.6 is 0 Å². The summed E-state index contributed by atoms with van der Waals surface area (Å²) in [4.78, 5) is 16.1. The van der Waals surface area contributed by atoms with Crippen molar-refractivity contribution in [3.8, 4) is 0 Å². The normalized spacial score (nSPS) is 34.9. The van der Waals surface area contributed by atoms with Gasteiger partial charge in [-0.2, -0.15) is 0 Å². The average Bonchev–Trinajstić information content (AvgIpc) is 2.52. The van der Waals surface area contributed by atoms with Crippen LogP contribution in [0.4, 0.5) is 0 Å². The van der Waals surface area contributed by atoms with Gasteiger partial charge in [-0.1, -0.05) is 24.3 Å². The van der Waals surface area contributed by atoms with Crippen LogP contribution in [-0.2, 0) is 5.41 Å². The van der Waals surface area contributed by atoms with Gasteiger partial charge in [0, 0.05) is 22.6 Å². The van der Waals surface area contributed by atoms with Crippen LogP contribution in [0.15, 0.2) is 30.5 Å². The van der Waals surface area contributed by atoms with Crippen molar-refractivity contribution in [2.75, 3.05) is 0 Å². The number of carbonyl (C=O) groups excluding carboxylic acids is 1. The highest BCUT2D eigenvalue weighted by atomic mass is 16.4. The van der Waals surface area contributed by atoms with Crippen LogP contribution in [0.1, 0.15) is 54.6 Å².